The van der Waals surface area contributed by atoms with Gasteiger partial charge in [-0.3, -0.25) is 4.79 Å². The number of nitrogens with zero attached hydrogens (tertiary/aromatic N) is 2. The lowest BCUT2D eigenvalue weighted by molar-refractivity contribution is -0.149. The van der Waals surface area contributed by atoms with Crippen molar-refractivity contribution in [3.63, 3.8) is 0 Å². The molecular weight excluding hydrogens is 372 g/mol. The molecule has 26 heavy (non-hydrogen) atoms. The molecule has 2 aliphatic heterocycles. The second-order valence-electron chi connectivity index (χ2n) is 6.89. The number of carbonyl (C=O) groups excluding carboxylic acids is 1. The third kappa shape index (κ3) is 3.16. The van der Waals surface area contributed by atoms with Crippen molar-refractivity contribution in [3.8, 4) is 17.0 Å². The second-order valence-corrected chi connectivity index (χ2v) is 8.16. The van der Waals surface area contributed by atoms with Crippen molar-refractivity contribution in [2.75, 3.05) is 11.5 Å². The van der Waals surface area contributed by atoms with Crippen LogP contribution in [0, 0.1) is 5.92 Å². The summed E-state index contributed by atoms with van der Waals surface area (Å²) in [5.41, 5.74) is 1.38. The van der Waals surface area contributed by atoms with E-state index in [0.717, 1.165) is 36.5 Å². The highest BCUT2D eigenvalue weighted by Crippen LogP contribution is 2.44. The monoisotopic (exact) mass is 392 g/mol. The predicted molar refractivity (Wildman–Crippen MR) is 103 cm³/mol. The Hall–Kier alpha value is -1.79. The molecule has 5 nitrogen and oxygen atoms in total. The first kappa shape index (κ1) is 17.6. The van der Waals surface area contributed by atoms with Crippen LogP contribution in [-0.2, 0) is 9.53 Å². The lowest BCUT2D eigenvalue weighted by Gasteiger charge is -2.37. The Morgan fingerprint density at radius 3 is 2.81 bits per heavy atom. The van der Waals surface area contributed by atoms with Crippen molar-refractivity contribution < 1.29 is 14.6 Å². The van der Waals surface area contributed by atoms with E-state index in [1.54, 1.807) is 29.5 Å². The van der Waals surface area contributed by atoms with Crippen LogP contribution in [0.15, 0.2) is 23.6 Å². The number of phenols is 1. The Labute approximate surface area is 161 Å². The third-order valence-corrected chi connectivity index (χ3v) is 6.39. The van der Waals surface area contributed by atoms with Crippen LogP contribution in [0.1, 0.15) is 32.6 Å². The summed E-state index contributed by atoms with van der Waals surface area (Å²) in [5.74, 6) is 0.114. The number of thiazole rings is 1. The Bertz CT molecular complexity index is 811. The number of ether oxygens (including phenoxy) is 1. The lowest BCUT2D eigenvalue weighted by atomic mass is 9.91. The molecule has 0 aliphatic carbocycles. The molecule has 1 aromatic heterocycles. The SMILES string of the molecule is CCOC(=O)C1CC2CCC(C1)N2c1nc(-c2cc(Cl)ccc2O)cs1. The van der Waals surface area contributed by atoms with E-state index in [0.29, 0.717) is 29.3 Å². The minimum absolute atomic E-state index is 0.0000991. The van der Waals surface area contributed by atoms with Gasteiger partial charge in [0.05, 0.1) is 18.2 Å². The van der Waals surface area contributed by atoms with Gasteiger partial charge in [0.15, 0.2) is 5.13 Å². The Balaban J connectivity index is 1.56. The van der Waals surface area contributed by atoms with Gasteiger partial charge in [-0.1, -0.05) is 11.6 Å². The van der Waals surface area contributed by atoms with Crippen LogP contribution >= 0.6 is 22.9 Å². The summed E-state index contributed by atoms with van der Waals surface area (Å²) >= 11 is 7.64. The van der Waals surface area contributed by atoms with E-state index in [9.17, 15) is 9.90 Å². The standard InChI is InChI=1S/C19H21ClN2O3S/c1-2-25-18(24)11-7-13-4-5-14(8-11)22(13)19-21-16(10-26-19)15-9-12(20)3-6-17(15)23/h3,6,9-11,13-14,23H,2,4-5,7-8H2,1H3. The molecule has 2 fully saturated rings. The number of anilines is 1. The van der Waals surface area contributed by atoms with Crippen LogP contribution in [0.25, 0.3) is 11.3 Å². The van der Waals surface area contributed by atoms with Gasteiger partial charge in [0.1, 0.15) is 5.75 Å². The zero-order valence-electron chi connectivity index (χ0n) is 14.5. The predicted octanol–water partition coefficient (Wildman–Crippen LogP) is 4.48. The van der Waals surface area contributed by atoms with Crippen LogP contribution in [0.5, 0.6) is 5.75 Å². The van der Waals surface area contributed by atoms with E-state index in [1.165, 1.54) is 0 Å². The number of aromatic nitrogens is 1. The smallest absolute Gasteiger partial charge is 0.309 e. The molecule has 2 saturated heterocycles. The molecule has 2 unspecified atom stereocenters. The molecule has 1 N–H and O–H groups in total. The molecule has 138 valence electrons. The number of rotatable bonds is 4. The summed E-state index contributed by atoms with van der Waals surface area (Å²) in [6, 6.07) is 5.64. The number of piperidine rings is 1. The highest BCUT2D eigenvalue weighted by Gasteiger charge is 2.44. The third-order valence-electron chi connectivity index (χ3n) is 5.30. The van der Waals surface area contributed by atoms with Crippen molar-refractivity contribution in [1.29, 1.82) is 0 Å². The number of fused-ring (bicyclic) bond motifs is 2. The Morgan fingerprint density at radius 1 is 1.38 bits per heavy atom. The van der Waals surface area contributed by atoms with Crippen molar-refractivity contribution in [2.24, 2.45) is 5.92 Å². The van der Waals surface area contributed by atoms with Gasteiger partial charge in [-0.25, -0.2) is 4.98 Å². The summed E-state index contributed by atoms with van der Waals surface area (Å²) in [5, 5.41) is 13.6. The zero-order valence-corrected chi connectivity index (χ0v) is 16.1. The first-order chi connectivity index (χ1) is 12.6. The number of aromatic hydroxyl groups is 1. The molecule has 0 radical (unpaired) electrons. The number of esters is 1. The fraction of sp³-hybridized carbons (Fsp3) is 0.474. The Kier molecular flexibility index (Phi) is 4.80. The molecule has 1 aromatic carbocycles. The quantitative estimate of drug-likeness (QED) is 0.777. The molecular formula is C19H21ClN2O3S. The maximum absolute atomic E-state index is 12.1. The number of phenolic OH excluding ortho intramolecular Hbond substituents is 1. The summed E-state index contributed by atoms with van der Waals surface area (Å²) in [6.07, 6.45) is 3.81. The summed E-state index contributed by atoms with van der Waals surface area (Å²) < 4.78 is 5.22. The van der Waals surface area contributed by atoms with Gasteiger partial charge in [-0.05, 0) is 50.8 Å². The molecule has 0 spiro atoms. The average molecular weight is 393 g/mol. The van der Waals surface area contributed by atoms with E-state index in [2.05, 4.69) is 4.90 Å². The number of halogens is 1. The summed E-state index contributed by atoms with van der Waals surface area (Å²) in [6.45, 7) is 2.29. The fourth-order valence-electron chi connectivity index (χ4n) is 4.16. The van der Waals surface area contributed by atoms with Gasteiger partial charge in [-0.15, -0.1) is 11.3 Å². The van der Waals surface area contributed by atoms with Crippen molar-refractivity contribution in [2.45, 2.75) is 44.7 Å². The minimum Gasteiger partial charge on any atom is -0.507 e. The molecule has 0 amide bonds. The molecule has 7 heteroatoms. The van der Waals surface area contributed by atoms with Gasteiger partial charge >= 0.3 is 5.97 Å². The van der Waals surface area contributed by atoms with Gasteiger partial charge < -0.3 is 14.7 Å². The van der Waals surface area contributed by atoms with Crippen LogP contribution in [0.3, 0.4) is 0 Å². The molecule has 4 rings (SSSR count). The van der Waals surface area contributed by atoms with E-state index in [4.69, 9.17) is 21.3 Å². The van der Waals surface area contributed by atoms with Crippen molar-refractivity contribution in [3.05, 3.63) is 28.6 Å². The molecule has 0 saturated carbocycles. The molecule has 2 bridgehead atoms. The second kappa shape index (κ2) is 7.08. The van der Waals surface area contributed by atoms with Crippen molar-refractivity contribution >= 4 is 34.0 Å². The average Bonchev–Trinajstić information content (AvgIpc) is 3.19. The minimum atomic E-state index is -0.0623. The van der Waals surface area contributed by atoms with E-state index < -0.39 is 0 Å². The van der Waals surface area contributed by atoms with Crippen LogP contribution in [0.4, 0.5) is 5.13 Å². The normalized spacial score (nSPS) is 24.7. The molecule has 2 aliphatic rings. The molecule has 3 heterocycles. The van der Waals surface area contributed by atoms with Crippen LogP contribution in [0.2, 0.25) is 5.02 Å². The van der Waals surface area contributed by atoms with E-state index in [-0.39, 0.29) is 17.6 Å². The maximum atomic E-state index is 12.1. The molecule has 2 atom stereocenters. The largest absolute Gasteiger partial charge is 0.507 e. The first-order valence-corrected chi connectivity index (χ1v) is 10.2. The summed E-state index contributed by atoms with van der Waals surface area (Å²) in [4.78, 5) is 19.3. The number of hydrogen-bond donors (Lipinski definition) is 1. The van der Waals surface area contributed by atoms with E-state index in [1.807, 2.05) is 12.3 Å². The van der Waals surface area contributed by atoms with Gasteiger partial charge in [0.2, 0.25) is 0 Å². The van der Waals surface area contributed by atoms with Crippen molar-refractivity contribution in [1.82, 2.24) is 4.98 Å². The van der Waals surface area contributed by atoms with E-state index >= 15 is 0 Å². The fourth-order valence-corrected chi connectivity index (χ4v) is 5.30. The Morgan fingerprint density at radius 2 is 2.12 bits per heavy atom. The number of hydrogen-bond acceptors (Lipinski definition) is 6. The van der Waals surface area contributed by atoms with Crippen LogP contribution < -0.4 is 4.90 Å². The van der Waals surface area contributed by atoms with Gasteiger partial charge in [0.25, 0.3) is 0 Å². The topological polar surface area (TPSA) is 62.7 Å². The highest BCUT2D eigenvalue weighted by molar-refractivity contribution is 7.14. The van der Waals surface area contributed by atoms with Gasteiger partial charge in [-0.2, -0.15) is 0 Å². The number of carbonyl (C=O) groups is 1. The van der Waals surface area contributed by atoms with Gasteiger partial charge in [0, 0.05) is 28.0 Å². The lowest BCUT2D eigenvalue weighted by Crippen LogP contribution is -2.45. The highest BCUT2D eigenvalue weighted by atomic mass is 35.5. The number of benzene rings is 1. The summed E-state index contributed by atoms with van der Waals surface area (Å²) in [7, 11) is 0. The zero-order chi connectivity index (χ0) is 18.3. The maximum Gasteiger partial charge on any atom is 0.309 e. The van der Waals surface area contributed by atoms with Crippen LogP contribution in [-0.4, -0.2) is 34.8 Å². The first-order valence-electron chi connectivity index (χ1n) is 8.96. The molecule has 2 aromatic rings.